The van der Waals surface area contributed by atoms with E-state index in [1.165, 1.54) is 5.56 Å². The minimum Gasteiger partial charge on any atom is -0.336 e. The highest BCUT2D eigenvalue weighted by atomic mass is 16.2. The van der Waals surface area contributed by atoms with Crippen molar-refractivity contribution < 1.29 is 4.79 Å². The molecule has 0 radical (unpaired) electrons. The number of imidazole rings is 1. The van der Waals surface area contributed by atoms with Crippen LogP contribution in [0.25, 0.3) is 11.0 Å². The largest absolute Gasteiger partial charge is 0.336 e. The van der Waals surface area contributed by atoms with Crippen molar-refractivity contribution in [2.45, 2.75) is 31.7 Å². The predicted molar refractivity (Wildman–Crippen MR) is 97.7 cm³/mol. The van der Waals surface area contributed by atoms with Gasteiger partial charge in [0.25, 0.3) is 5.91 Å². The Balaban J connectivity index is 1.50. The maximum absolute atomic E-state index is 12.9. The van der Waals surface area contributed by atoms with Gasteiger partial charge in [-0.1, -0.05) is 30.3 Å². The van der Waals surface area contributed by atoms with E-state index in [4.69, 9.17) is 0 Å². The summed E-state index contributed by atoms with van der Waals surface area (Å²) < 4.78 is 0. The topological polar surface area (TPSA) is 69.0 Å². The summed E-state index contributed by atoms with van der Waals surface area (Å²) in [5, 5.41) is 0. The molecule has 2 heterocycles. The van der Waals surface area contributed by atoms with Gasteiger partial charge in [0, 0.05) is 18.2 Å². The van der Waals surface area contributed by atoms with Crippen LogP contribution in [0, 0.1) is 0 Å². The quantitative estimate of drug-likeness (QED) is 0.769. The summed E-state index contributed by atoms with van der Waals surface area (Å²) in [6.45, 7) is 0.806. The molecule has 2 aromatic carbocycles. The Morgan fingerprint density at radius 2 is 1.88 bits per heavy atom. The van der Waals surface area contributed by atoms with E-state index in [9.17, 15) is 9.59 Å². The standard InChI is InChI=1S/C20H21N3O2/c24-19(15-9-11-17-18(13-15)22-20(25)21-17)23-12-4-7-16(23)10-8-14-5-2-1-3-6-14/h1-3,5-6,9,11,13,16H,4,7-8,10,12H2,(H2,21,22,25). The molecule has 25 heavy (non-hydrogen) atoms. The van der Waals surface area contributed by atoms with Crippen LogP contribution in [0.4, 0.5) is 0 Å². The van der Waals surface area contributed by atoms with Crippen LogP contribution in [0.5, 0.6) is 0 Å². The van der Waals surface area contributed by atoms with E-state index in [0.29, 0.717) is 11.1 Å². The molecular formula is C20H21N3O2. The lowest BCUT2D eigenvalue weighted by molar-refractivity contribution is 0.0731. The number of hydrogen-bond acceptors (Lipinski definition) is 2. The van der Waals surface area contributed by atoms with Crippen LogP contribution in [0.3, 0.4) is 0 Å². The molecule has 1 saturated heterocycles. The molecule has 0 bridgehead atoms. The monoisotopic (exact) mass is 335 g/mol. The summed E-state index contributed by atoms with van der Waals surface area (Å²) in [4.78, 5) is 31.8. The second kappa shape index (κ2) is 6.59. The smallest absolute Gasteiger partial charge is 0.323 e. The number of carbonyl (C=O) groups is 1. The average Bonchev–Trinajstić information content (AvgIpc) is 3.24. The third kappa shape index (κ3) is 3.22. The number of rotatable bonds is 4. The van der Waals surface area contributed by atoms with Crippen molar-refractivity contribution in [2.75, 3.05) is 6.54 Å². The molecule has 1 unspecified atom stereocenters. The van der Waals surface area contributed by atoms with Gasteiger partial charge >= 0.3 is 5.69 Å². The van der Waals surface area contributed by atoms with Gasteiger partial charge in [0.1, 0.15) is 0 Å². The van der Waals surface area contributed by atoms with Crippen molar-refractivity contribution in [3.8, 4) is 0 Å². The summed E-state index contributed by atoms with van der Waals surface area (Å²) in [5.74, 6) is 0.0551. The highest BCUT2D eigenvalue weighted by Gasteiger charge is 2.29. The molecule has 128 valence electrons. The van der Waals surface area contributed by atoms with Crippen molar-refractivity contribution >= 4 is 16.9 Å². The Hall–Kier alpha value is -2.82. The lowest BCUT2D eigenvalue weighted by atomic mass is 10.0. The van der Waals surface area contributed by atoms with Gasteiger partial charge in [-0.15, -0.1) is 0 Å². The summed E-state index contributed by atoms with van der Waals surface area (Å²) in [6, 6.07) is 16.0. The second-order valence-electron chi connectivity index (χ2n) is 6.66. The number of nitrogens with one attached hydrogen (secondary N) is 2. The van der Waals surface area contributed by atoms with E-state index >= 15 is 0 Å². The van der Waals surface area contributed by atoms with Gasteiger partial charge in [0.15, 0.2) is 0 Å². The lowest BCUT2D eigenvalue weighted by Gasteiger charge is -2.25. The number of fused-ring (bicyclic) bond motifs is 1. The molecule has 1 aliphatic rings. The van der Waals surface area contributed by atoms with E-state index in [2.05, 4.69) is 34.2 Å². The van der Waals surface area contributed by atoms with E-state index in [-0.39, 0.29) is 17.6 Å². The Morgan fingerprint density at radius 1 is 1.08 bits per heavy atom. The van der Waals surface area contributed by atoms with Crippen LogP contribution < -0.4 is 5.69 Å². The third-order valence-corrected chi connectivity index (χ3v) is 5.01. The fourth-order valence-electron chi connectivity index (χ4n) is 3.71. The van der Waals surface area contributed by atoms with Crippen LogP contribution in [0.2, 0.25) is 0 Å². The summed E-state index contributed by atoms with van der Waals surface area (Å²) >= 11 is 0. The summed E-state index contributed by atoms with van der Waals surface area (Å²) in [5.41, 5.74) is 3.10. The van der Waals surface area contributed by atoms with Gasteiger partial charge in [-0.2, -0.15) is 0 Å². The molecule has 1 amide bonds. The second-order valence-corrected chi connectivity index (χ2v) is 6.66. The van der Waals surface area contributed by atoms with Gasteiger partial charge < -0.3 is 14.9 Å². The fraction of sp³-hybridized carbons (Fsp3) is 0.300. The van der Waals surface area contributed by atoms with Gasteiger partial charge in [-0.05, 0) is 49.4 Å². The number of carbonyl (C=O) groups excluding carboxylic acids is 1. The van der Waals surface area contributed by atoms with Gasteiger partial charge in [0.05, 0.1) is 11.0 Å². The van der Waals surface area contributed by atoms with Crippen LogP contribution in [-0.2, 0) is 6.42 Å². The lowest BCUT2D eigenvalue weighted by Crippen LogP contribution is -2.35. The zero-order valence-electron chi connectivity index (χ0n) is 14.0. The molecule has 0 aliphatic carbocycles. The van der Waals surface area contributed by atoms with E-state index in [0.717, 1.165) is 37.7 Å². The van der Waals surface area contributed by atoms with Gasteiger partial charge in [-0.25, -0.2) is 4.79 Å². The zero-order chi connectivity index (χ0) is 17.2. The van der Waals surface area contributed by atoms with Crippen LogP contribution in [0.1, 0.15) is 35.2 Å². The Kier molecular flexibility index (Phi) is 4.14. The molecule has 5 heteroatoms. The van der Waals surface area contributed by atoms with Crippen molar-refractivity contribution in [1.82, 2.24) is 14.9 Å². The molecule has 3 aromatic rings. The Bertz CT molecular complexity index is 942. The molecular weight excluding hydrogens is 314 g/mol. The normalized spacial score (nSPS) is 17.3. The SMILES string of the molecule is O=C(c1ccc2[nH]c(=O)[nH]c2c1)N1CCCC1CCc1ccccc1. The van der Waals surface area contributed by atoms with Crippen LogP contribution >= 0.6 is 0 Å². The molecule has 0 saturated carbocycles. The van der Waals surface area contributed by atoms with Crippen molar-refractivity contribution in [2.24, 2.45) is 0 Å². The number of benzene rings is 2. The zero-order valence-corrected chi connectivity index (χ0v) is 14.0. The fourth-order valence-corrected chi connectivity index (χ4v) is 3.71. The van der Waals surface area contributed by atoms with Crippen molar-refractivity contribution in [3.05, 3.63) is 70.1 Å². The van der Waals surface area contributed by atoms with Crippen molar-refractivity contribution in [3.63, 3.8) is 0 Å². The first-order valence-corrected chi connectivity index (χ1v) is 8.78. The highest BCUT2D eigenvalue weighted by Crippen LogP contribution is 2.24. The number of aryl methyl sites for hydroxylation is 1. The van der Waals surface area contributed by atoms with Crippen LogP contribution in [-0.4, -0.2) is 33.4 Å². The van der Waals surface area contributed by atoms with E-state index in [1.54, 1.807) is 18.2 Å². The maximum atomic E-state index is 12.9. The number of likely N-dealkylation sites (tertiary alicyclic amines) is 1. The molecule has 1 aliphatic heterocycles. The number of amides is 1. The van der Waals surface area contributed by atoms with E-state index in [1.807, 2.05) is 11.0 Å². The number of nitrogens with zero attached hydrogens (tertiary/aromatic N) is 1. The Labute approximate surface area is 145 Å². The average molecular weight is 335 g/mol. The molecule has 5 nitrogen and oxygen atoms in total. The number of aromatic nitrogens is 2. The first-order valence-electron chi connectivity index (χ1n) is 8.78. The molecule has 4 rings (SSSR count). The maximum Gasteiger partial charge on any atom is 0.323 e. The third-order valence-electron chi connectivity index (χ3n) is 5.01. The predicted octanol–water partition coefficient (Wildman–Crippen LogP) is 3.09. The Morgan fingerprint density at radius 3 is 2.72 bits per heavy atom. The molecule has 1 aromatic heterocycles. The van der Waals surface area contributed by atoms with Gasteiger partial charge in [-0.3, -0.25) is 4.79 Å². The molecule has 0 spiro atoms. The van der Waals surface area contributed by atoms with E-state index < -0.39 is 0 Å². The number of H-pyrrole nitrogens is 2. The molecule has 2 N–H and O–H groups in total. The summed E-state index contributed by atoms with van der Waals surface area (Å²) in [7, 11) is 0. The minimum absolute atomic E-state index is 0.0551. The molecule has 1 atom stereocenters. The van der Waals surface area contributed by atoms with Gasteiger partial charge in [0.2, 0.25) is 0 Å². The first kappa shape index (κ1) is 15.7. The number of hydrogen-bond donors (Lipinski definition) is 2. The van der Waals surface area contributed by atoms with Crippen LogP contribution in [0.15, 0.2) is 53.3 Å². The molecule has 1 fully saturated rings. The minimum atomic E-state index is -0.249. The number of aromatic amines is 2. The first-order chi connectivity index (χ1) is 12.2. The summed E-state index contributed by atoms with van der Waals surface area (Å²) in [6.07, 6.45) is 4.08. The highest BCUT2D eigenvalue weighted by molar-refractivity contribution is 5.97. The van der Waals surface area contributed by atoms with Crippen molar-refractivity contribution in [1.29, 1.82) is 0 Å².